The number of thiophene rings is 1. The van der Waals surface area contributed by atoms with Crippen molar-refractivity contribution in [3.8, 4) is 6.07 Å². The quantitative estimate of drug-likeness (QED) is 0.841. The van der Waals surface area contributed by atoms with Crippen LogP contribution >= 0.6 is 11.3 Å². The Hall–Kier alpha value is -1.38. The summed E-state index contributed by atoms with van der Waals surface area (Å²) < 4.78 is 0. The van der Waals surface area contributed by atoms with Gasteiger partial charge in [-0.15, -0.1) is 11.3 Å². The molecular weight excluding hydrogens is 246 g/mol. The van der Waals surface area contributed by atoms with E-state index in [-0.39, 0.29) is 5.91 Å². The highest BCUT2D eigenvalue weighted by Gasteiger charge is 2.25. The number of rotatable bonds is 4. The molecule has 1 aliphatic rings. The smallest absolute Gasteiger partial charge is 0.234 e. The lowest BCUT2D eigenvalue weighted by Crippen LogP contribution is -2.41. The molecule has 0 saturated heterocycles. The zero-order valence-corrected chi connectivity index (χ0v) is 11.3. The molecule has 5 heteroatoms. The van der Waals surface area contributed by atoms with Crippen LogP contribution in [0.25, 0.3) is 0 Å². The summed E-state index contributed by atoms with van der Waals surface area (Å²) in [5.41, 5.74) is 1.36. The van der Waals surface area contributed by atoms with Gasteiger partial charge in [-0.1, -0.05) is 0 Å². The number of nitrogens with zero attached hydrogens (tertiary/aromatic N) is 2. The van der Waals surface area contributed by atoms with Crippen molar-refractivity contribution in [2.24, 2.45) is 0 Å². The van der Waals surface area contributed by atoms with Gasteiger partial charge in [0.25, 0.3) is 0 Å². The van der Waals surface area contributed by atoms with Crippen molar-refractivity contribution < 1.29 is 4.79 Å². The fourth-order valence-corrected chi connectivity index (χ4v) is 3.24. The van der Waals surface area contributed by atoms with Crippen LogP contribution in [0.3, 0.4) is 0 Å². The minimum absolute atomic E-state index is 0.00998. The van der Waals surface area contributed by atoms with Crippen molar-refractivity contribution in [1.82, 2.24) is 10.2 Å². The molecule has 0 saturated carbocycles. The lowest BCUT2D eigenvalue weighted by atomic mass is 10.0. The van der Waals surface area contributed by atoms with E-state index in [1.165, 1.54) is 10.4 Å². The average molecular weight is 263 g/mol. The second kappa shape index (κ2) is 5.98. The first-order valence-electron chi connectivity index (χ1n) is 6.16. The third kappa shape index (κ3) is 2.89. The summed E-state index contributed by atoms with van der Waals surface area (Å²) in [7, 11) is 0. The molecule has 0 fully saturated rings. The molecule has 1 N–H and O–H groups in total. The van der Waals surface area contributed by atoms with E-state index >= 15 is 0 Å². The Labute approximate surface area is 111 Å². The van der Waals surface area contributed by atoms with Gasteiger partial charge in [0.2, 0.25) is 5.91 Å². The van der Waals surface area contributed by atoms with Crippen molar-refractivity contribution in [3.63, 3.8) is 0 Å². The summed E-state index contributed by atoms with van der Waals surface area (Å²) in [5, 5.41) is 13.3. The summed E-state index contributed by atoms with van der Waals surface area (Å²) in [4.78, 5) is 15.4. The van der Waals surface area contributed by atoms with Crippen LogP contribution in [-0.4, -0.2) is 30.4 Å². The predicted octanol–water partition coefficient (Wildman–Crippen LogP) is 1.70. The topological polar surface area (TPSA) is 56.1 Å². The van der Waals surface area contributed by atoms with Crippen molar-refractivity contribution in [3.05, 3.63) is 21.9 Å². The number of nitriles is 1. The number of carbonyl (C=O) groups excluding carboxylic acids is 1. The summed E-state index contributed by atoms with van der Waals surface area (Å²) in [5.74, 6) is 0.00998. The molecule has 1 amide bonds. The number of fused-ring (bicyclic) bond motifs is 1. The second-order valence-electron chi connectivity index (χ2n) is 4.45. The van der Waals surface area contributed by atoms with Gasteiger partial charge in [-0.05, 0) is 30.4 Å². The van der Waals surface area contributed by atoms with E-state index in [4.69, 9.17) is 5.26 Å². The molecule has 1 atom stereocenters. The van der Waals surface area contributed by atoms with E-state index < -0.39 is 0 Å². The lowest BCUT2D eigenvalue weighted by Gasteiger charge is -2.32. The molecule has 96 valence electrons. The normalized spacial score (nSPS) is 19.0. The first kappa shape index (κ1) is 13.1. The third-order valence-electron chi connectivity index (χ3n) is 3.31. The molecule has 0 aliphatic carbocycles. The Kier molecular flexibility index (Phi) is 4.34. The van der Waals surface area contributed by atoms with E-state index in [1.807, 2.05) is 6.07 Å². The summed E-state index contributed by atoms with van der Waals surface area (Å²) >= 11 is 1.80. The van der Waals surface area contributed by atoms with Crippen LogP contribution in [0.5, 0.6) is 0 Å². The Bertz CT molecular complexity index is 463. The zero-order valence-electron chi connectivity index (χ0n) is 10.5. The van der Waals surface area contributed by atoms with E-state index in [0.29, 0.717) is 25.6 Å². The van der Waals surface area contributed by atoms with Gasteiger partial charge in [-0.25, -0.2) is 0 Å². The maximum Gasteiger partial charge on any atom is 0.234 e. The van der Waals surface area contributed by atoms with Gasteiger partial charge in [0.1, 0.15) is 0 Å². The van der Waals surface area contributed by atoms with Gasteiger partial charge >= 0.3 is 0 Å². The van der Waals surface area contributed by atoms with Crippen LogP contribution in [-0.2, 0) is 11.2 Å². The van der Waals surface area contributed by atoms with Gasteiger partial charge in [-0.2, -0.15) is 5.26 Å². The molecule has 0 radical (unpaired) electrons. The SMILES string of the molecule is C[C@@H]1c2ccsc2CCN1CC(=O)NCCC#N. The van der Waals surface area contributed by atoms with Crippen LogP contribution in [0.15, 0.2) is 11.4 Å². The number of amides is 1. The van der Waals surface area contributed by atoms with Gasteiger partial charge in [-0.3, -0.25) is 9.69 Å². The predicted molar refractivity (Wildman–Crippen MR) is 71.3 cm³/mol. The minimum atomic E-state index is 0.00998. The Morgan fingerprint density at radius 3 is 3.33 bits per heavy atom. The maximum atomic E-state index is 11.7. The molecule has 18 heavy (non-hydrogen) atoms. The van der Waals surface area contributed by atoms with Crippen molar-refractivity contribution >= 4 is 17.2 Å². The third-order valence-corrected chi connectivity index (χ3v) is 4.31. The fourth-order valence-electron chi connectivity index (χ4n) is 2.28. The average Bonchev–Trinajstić information content (AvgIpc) is 2.82. The molecular formula is C13H17N3OS. The first-order chi connectivity index (χ1) is 8.72. The molecule has 4 nitrogen and oxygen atoms in total. The molecule has 1 aliphatic heterocycles. The van der Waals surface area contributed by atoms with Crippen LogP contribution < -0.4 is 5.32 Å². The lowest BCUT2D eigenvalue weighted by molar-refractivity contribution is -0.122. The van der Waals surface area contributed by atoms with Crippen molar-refractivity contribution in [2.45, 2.75) is 25.8 Å². The largest absolute Gasteiger partial charge is 0.354 e. The minimum Gasteiger partial charge on any atom is -0.354 e. The fraction of sp³-hybridized carbons (Fsp3) is 0.538. The van der Waals surface area contributed by atoms with Gasteiger partial charge in [0.15, 0.2) is 0 Å². The van der Waals surface area contributed by atoms with Gasteiger partial charge in [0, 0.05) is 24.0 Å². The van der Waals surface area contributed by atoms with E-state index in [9.17, 15) is 4.79 Å². The molecule has 1 aromatic heterocycles. The van der Waals surface area contributed by atoms with Crippen molar-refractivity contribution in [1.29, 1.82) is 5.26 Å². The molecule has 0 spiro atoms. The van der Waals surface area contributed by atoms with Crippen LogP contribution in [0, 0.1) is 11.3 Å². The molecule has 0 aromatic carbocycles. The molecule has 2 heterocycles. The number of nitrogens with one attached hydrogen (secondary N) is 1. The van der Waals surface area contributed by atoms with Gasteiger partial charge < -0.3 is 5.32 Å². The molecule has 1 aromatic rings. The van der Waals surface area contributed by atoms with Gasteiger partial charge in [0.05, 0.1) is 19.0 Å². The number of hydrogen-bond acceptors (Lipinski definition) is 4. The molecule has 0 unspecified atom stereocenters. The highest BCUT2D eigenvalue weighted by atomic mass is 32.1. The summed E-state index contributed by atoms with van der Waals surface area (Å²) in [6.07, 6.45) is 1.40. The highest BCUT2D eigenvalue weighted by Crippen LogP contribution is 2.32. The monoisotopic (exact) mass is 263 g/mol. The van der Waals surface area contributed by atoms with Crippen molar-refractivity contribution in [2.75, 3.05) is 19.6 Å². The first-order valence-corrected chi connectivity index (χ1v) is 7.04. The summed E-state index contributed by atoms with van der Waals surface area (Å²) in [6, 6.07) is 4.48. The standard InChI is InChI=1S/C13H17N3OS/c1-10-11-4-8-18-12(11)3-7-16(10)9-13(17)15-6-2-5-14/h4,8,10H,2-3,6-7,9H2,1H3,(H,15,17)/t10-/m1/s1. The highest BCUT2D eigenvalue weighted by molar-refractivity contribution is 7.10. The molecule has 2 rings (SSSR count). The Balaban J connectivity index is 1.88. The number of carbonyl (C=O) groups is 1. The maximum absolute atomic E-state index is 11.7. The summed E-state index contributed by atoms with van der Waals surface area (Å²) in [6.45, 7) is 3.94. The van der Waals surface area contributed by atoms with E-state index in [0.717, 1.165) is 13.0 Å². The van der Waals surface area contributed by atoms with E-state index in [1.54, 1.807) is 11.3 Å². The Morgan fingerprint density at radius 1 is 1.72 bits per heavy atom. The Morgan fingerprint density at radius 2 is 2.56 bits per heavy atom. The molecule has 0 bridgehead atoms. The van der Waals surface area contributed by atoms with E-state index in [2.05, 4.69) is 28.6 Å². The van der Waals surface area contributed by atoms with Crippen LogP contribution in [0.2, 0.25) is 0 Å². The zero-order chi connectivity index (χ0) is 13.0. The second-order valence-corrected chi connectivity index (χ2v) is 5.45. The van der Waals surface area contributed by atoms with Crippen LogP contribution in [0.4, 0.5) is 0 Å². The van der Waals surface area contributed by atoms with Crippen LogP contribution in [0.1, 0.15) is 29.8 Å². The number of hydrogen-bond donors (Lipinski definition) is 1.